The highest BCUT2D eigenvalue weighted by molar-refractivity contribution is 7.99. The SMILES string of the molecule is O=C(CCn1ncc(=O)c2ccccc21)NC1CCSc2ccc(F)cc21. The Balaban J connectivity index is 1.47. The Hall–Kier alpha value is -2.67. The second kappa shape index (κ2) is 7.52. The Morgan fingerprint density at radius 1 is 1.30 bits per heavy atom. The third kappa shape index (κ3) is 3.73. The Labute approximate surface area is 159 Å². The van der Waals surface area contributed by atoms with Gasteiger partial charge in [0.2, 0.25) is 11.3 Å². The molecule has 1 aromatic heterocycles. The van der Waals surface area contributed by atoms with Crippen LogP contribution in [0.4, 0.5) is 4.39 Å². The molecule has 0 spiro atoms. The number of nitrogens with zero attached hydrogens (tertiary/aromatic N) is 2. The topological polar surface area (TPSA) is 64.0 Å². The van der Waals surface area contributed by atoms with Crippen molar-refractivity contribution in [3.8, 4) is 0 Å². The Bertz CT molecular complexity index is 1070. The van der Waals surface area contributed by atoms with Crippen molar-refractivity contribution in [1.82, 2.24) is 15.1 Å². The predicted octanol–water partition coefficient (Wildman–Crippen LogP) is 3.28. The molecule has 1 aliphatic heterocycles. The van der Waals surface area contributed by atoms with Crippen LogP contribution in [0.1, 0.15) is 24.4 Å². The van der Waals surface area contributed by atoms with Crippen molar-refractivity contribution in [2.24, 2.45) is 0 Å². The number of carbonyl (C=O) groups excluding carboxylic acids is 1. The molecule has 0 saturated carbocycles. The molecule has 2 heterocycles. The van der Waals surface area contributed by atoms with Crippen LogP contribution in [0.2, 0.25) is 0 Å². The summed E-state index contributed by atoms with van der Waals surface area (Å²) in [5, 5.41) is 7.74. The molecule has 2 aromatic carbocycles. The molecular weight excluding hydrogens is 365 g/mol. The molecule has 5 nitrogen and oxygen atoms in total. The second-order valence-electron chi connectivity index (χ2n) is 6.44. The minimum absolute atomic E-state index is 0.119. The highest BCUT2D eigenvalue weighted by Gasteiger charge is 2.22. The van der Waals surface area contributed by atoms with E-state index in [1.54, 1.807) is 34.6 Å². The average Bonchev–Trinajstić information content (AvgIpc) is 2.68. The fraction of sp³-hybridized carbons (Fsp3) is 0.250. The van der Waals surface area contributed by atoms with E-state index in [-0.39, 0.29) is 29.6 Å². The van der Waals surface area contributed by atoms with Crippen LogP contribution in [0.15, 0.2) is 58.4 Å². The summed E-state index contributed by atoms with van der Waals surface area (Å²) in [6.45, 7) is 0.365. The lowest BCUT2D eigenvalue weighted by atomic mass is 10.0. The Morgan fingerprint density at radius 3 is 3.04 bits per heavy atom. The maximum absolute atomic E-state index is 13.6. The molecule has 1 atom stereocenters. The zero-order chi connectivity index (χ0) is 18.8. The predicted molar refractivity (Wildman–Crippen MR) is 103 cm³/mol. The van der Waals surface area contributed by atoms with Crippen LogP contribution in [0.3, 0.4) is 0 Å². The van der Waals surface area contributed by atoms with Crippen LogP contribution < -0.4 is 10.7 Å². The van der Waals surface area contributed by atoms with Crippen molar-refractivity contribution in [3.63, 3.8) is 0 Å². The zero-order valence-electron chi connectivity index (χ0n) is 14.5. The molecule has 1 N–H and O–H groups in total. The number of hydrogen-bond donors (Lipinski definition) is 1. The number of hydrogen-bond acceptors (Lipinski definition) is 4. The van der Waals surface area contributed by atoms with Gasteiger partial charge in [-0.05, 0) is 42.3 Å². The molecule has 1 amide bonds. The van der Waals surface area contributed by atoms with Gasteiger partial charge in [0.1, 0.15) is 5.82 Å². The number of aromatic nitrogens is 2. The summed E-state index contributed by atoms with van der Waals surface area (Å²) >= 11 is 1.68. The van der Waals surface area contributed by atoms with Crippen LogP contribution in [0, 0.1) is 5.82 Å². The van der Waals surface area contributed by atoms with E-state index in [0.717, 1.165) is 22.6 Å². The number of para-hydroxylation sites is 1. The van der Waals surface area contributed by atoms with Gasteiger partial charge >= 0.3 is 0 Å². The first-order valence-electron chi connectivity index (χ1n) is 8.78. The number of amides is 1. The fourth-order valence-electron chi connectivity index (χ4n) is 3.33. The van der Waals surface area contributed by atoms with Gasteiger partial charge in [0, 0.05) is 22.5 Å². The highest BCUT2D eigenvalue weighted by Crippen LogP contribution is 2.36. The number of rotatable bonds is 4. The molecule has 0 fully saturated rings. The van der Waals surface area contributed by atoms with Crippen molar-refractivity contribution in [3.05, 3.63) is 70.3 Å². The first-order valence-corrected chi connectivity index (χ1v) is 9.77. The number of halogens is 1. The maximum atomic E-state index is 13.6. The number of nitrogens with one attached hydrogen (secondary N) is 1. The second-order valence-corrected chi connectivity index (χ2v) is 7.58. The Morgan fingerprint density at radius 2 is 2.15 bits per heavy atom. The zero-order valence-corrected chi connectivity index (χ0v) is 15.3. The number of aryl methyl sites for hydroxylation is 1. The lowest BCUT2D eigenvalue weighted by molar-refractivity contribution is -0.122. The van der Waals surface area contributed by atoms with E-state index in [9.17, 15) is 14.0 Å². The minimum Gasteiger partial charge on any atom is -0.349 e. The summed E-state index contributed by atoms with van der Waals surface area (Å²) in [4.78, 5) is 25.4. The van der Waals surface area contributed by atoms with E-state index >= 15 is 0 Å². The number of thioether (sulfide) groups is 1. The monoisotopic (exact) mass is 383 g/mol. The molecule has 0 saturated heterocycles. The van der Waals surface area contributed by atoms with Crippen molar-refractivity contribution in [1.29, 1.82) is 0 Å². The van der Waals surface area contributed by atoms with Gasteiger partial charge in [-0.2, -0.15) is 5.10 Å². The molecule has 4 rings (SSSR count). The van der Waals surface area contributed by atoms with Gasteiger partial charge < -0.3 is 5.32 Å². The van der Waals surface area contributed by atoms with Crippen molar-refractivity contribution < 1.29 is 9.18 Å². The van der Waals surface area contributed by atoms with E-state index in [0.29, 0.717) is 17.4 Å². The van der Waals surface area contributed by atoms with Gasteiger partial charge in [-0.25, -0.2) is 4.39 Å². The van der Waals surface area contributed by atoms with Crippen LogP contribution in [0.5, 0.6) is 0 Å². The standard InChI is InChI=1S/C20H18FN3O2S/c21-13-5-6-19-15(11-13)16(8-10-27-19)23-20(26)7-9-24-17-4-2-1-3-14(17)18(25)12-22-24/h1-6,11-12,16H,7-10H2,(H,23,26). The average molecular weight is 383 g/mol. The molecule has 1 aliphatic rings. The molecule has 0 bridgehead atoms. The number of benzene rings is 2. The quantitative estimate of drug-likeness (QED) is 0.751. The highest BCUT2D eigenvalue weighted by atomic mass is 32.2. The molecule has 27 heavy (non-hydrogen) atoms. The molecule has 7 heteroatoms. The van der Waals surface area contributed by atoms with Crippen LogP contribution in [-0.4, -0.2) is 21.4 Å². The van der Waals surface area contributed by atoms with Crippen molar-refractivity contribution in [2.45, 2.75) is 30.3 Å². The Kier molecular flexibility index (Phi) is 4.94. The summed E-state index contributed by atoms with van der Waals surface area (Å²) in [6.07, 6.45) is 2.28. The summed E-state index contributed by atoms with van der Waals surface area (Å²) in [5.74, 6) is 0.473. The van der Waals surface area contributed by atoms with Gasteiger partial charge in [0.05, 0.1) is 24.3 Å². The van der Waals surface area contributed by atoms with Crippen LogP contribution >= 0.6 is 11.8 Å². The van der Waals surface area contributed by atoms with E-state index in [1.807, 2.05) is 12.1 Å². The molecule has 0 aliphatic carbocycles. The fourth-order valence-corrected chi connectivity index (χ4v) is 4.43. The van der Waals surface area contributed by atoms with Crippen LogP contribution in [-0.2, 0) is 11.3 Å². The van der Waals surface area contributed by atoms with E-state index in [1.165, 1.54) is 18.3 Å². The van der Waals surface area contributed by atoms with Crippen molar-refractivity contribution >= 4 is 28.6 Å². The van der Waals surface area contributed by atoms with Gasteiger partial charge in [0.25, 0.3) is 0 Å². The lowest BCUT2D eigenvalue weighted by Crippen LogP contribution is -2.31. The summed E-state index contributed by atoms with van der Waals surface area (Å²) in [5.41, 5.74) is 1.41. The van der Waals surface area contributed by atoms with Crippen molar-refractivity contribution in [2.75, 3.05) is 5.75 Å². The molecule has 0 radical (unpaired) electrons. The third-order valence-corrected chi connectivity index (χ3v) is 5.78. The lowest BCUT2D eigenvalue weighted by Gasteiger charge is -2.26. The summed E-state index contributed by atoms with van der Waals surface area (Å²) < 4.78 is 15.3. The van der Waals surface area contributed by atoms with E-state index in [4.69, 9.17) is 0 Å². The largest absolute Gasteiger partial charge is 0.349 e. The number of fused-ring (bicyclic) bond motifs is 2. The van der Waals surface area contributed by atoms with E-state index < -0.39 is 0 Å². The van der Waals surface area contributed by atoms with Gasteiger partial charge in [-0.3, -0.25) is 14.3 Å². The van der Waals surface area contributed by atoms with Gasteiger partial charge in [-0.15, -0.1) is 11.8 Å². The maximum Gasteiger partial charge on any atom is 0.222 e. The molecular formula is C20H18FN3O2S. The smallest absolute Gasteiger partial charge is 0.222 e. The summed E-state index contributed by atoms with van der Waals surface area (Å²) in [6, 6.07) is 11.8. The minimum atomic E-state index is -0.292. The molecule has 1 unspecified atom stereocenters. The molecule has 3 aromatic rings. The van der Waals surface area contributed by atoms with Crippen LogP contribution in [0.25, 0.3) is 10.9 Å². The number of carbonyl (C=O) groups is 1. The summed E-state index contributed by atoms with van der Waals surface area (Å²) in [7, 11) is 0. The molecule has 138 valence electrons. The van der Waals surface area contributed by atoms with Gasteiger partial charge in [-0.1, -0.05) is 12.1 Å². The normalized spacial score (nSPS) is 16.1. The first-order chi connectivity index (χ1) is 13.1. The third-order valence-electron chi connectivity index (χ3n) is 4.66. The van der Waals surface area contributed by atoms with E-state index in [2.05, 4.69) is 10.4 Å². The first kappa shape index (κ1) is 17.7. The van der Waals surface area contributed by atoms with Gasteiger partial charge in [0.15, 0.2) is 0 Å².